The van der Waals surface area contributed by atoms with Crippen molar-refractivity contribution in [3.8, 4) is 0 Å². The normalized spacial score (nSPS) is 28.6. The first-order valence-electron chi connectivity index (χ1n) is 6.58. The van der Waals surface area contributed by atoms with E-state index in [2.05, 4.69) is 29.9 Å². The fourth-order valence-electron chi connectivity index (χ4n) is 2.83. The van der Waals surface area contributed by atoms with Crippen molar-refractivity contribution < 1.29 is 4.74 Å². The zero-order valence-electron chi connectivity index (χ0n) is 11.3. The third-order valence-electron chi connectivity index (χ3n) is 4.20. The van der Waals surface area contributed by atoms with Crippen molar-refractivity contribution in [2.75, 3.05) is 26.8 Å². The van der Waals surface area contributed by atoms with Gasteiger partial charge in [-0.1, -0.05) is 13.0 Å². The molecule has 2 rings (SSSR count). The molecule has 1 aromatic heterocycles. The molecule has 2 atom stereocenters. The first-order chi connectivity index (χ1) is 8.69. The summed E-state index contributed by atoms with van der Waals surface area (Å²) in [6, 6.07) is 6.03. The Balaban J connectivity index is 2.12. The molecule has 2 unspecified atom stereocenters. The molecule has 2 heterocycles. The van der Waals surface area contributed by atoms with Crippen LogP contribution in [-0.2, 0) is 11.3 Å². The van der Waals surface area contributed by atoms with E-state index in [-0.39, 0.29) is 5.54 Å². The SMILES string of the molecule is CC1COCCC1(CN)N(C)Cc1ccccn1. The first kappa shape index (κ1) is 13.5. The van der Waals surface area contributed by atoms with Gasteiger partial charge in [0.05, 0.1) is 12.3 Å². The molecule has 0 aliphatic carbocycles. The summed E-state index contributed by atoms with van der Waals surface area (Å²) in [5.74, 6) is 0.449. The molecular formula is C14H23N3O. The van der Waals surface area contributed by atoms with Crippen LogP contribution in [0.3, 0.4) is 0 Å². The van der Waals surface area contributed by atoms with Gasteiger partial charge in [-0.15, -0.1) is 0 Å². The highest BCUT2D eigenvalue weighted by Crippen LogP contribution is 2.31. The Labute approximate surface area is 109 Å². The van der Waals surface area contributed by atoms with E-state index in [4.69, 9.17) is 10.5 Å². The third-order valence-corrected chi connectivity index (χ3v) is 4.20. The van der Waals surface area contributed by atoms with Crippen LogP contribution >= 0.6 is 0 Å². The average Bonchev–Trinajstić information content (AvgIpc) is 2.40. The second-order valence-electron chi connectivity index (χ2n) is 5.21. The molecule has 0 radical (unpaired) electrons. The van der Waals surface area contributed by atoms with Crippen LogP contribution in [0.25, 0.3) is 0 Å². The summed E-state index contributed by atoms with van der Waals surface area (Å²) in [6.07, 6.45) is 2.83. The van der Waals surface area contributed by atoms with Gasteiger partial charge in [-0.3, -0.25) is 9.88 Å². The summed E-state index contributed by atoms with van der Waals surface area (Å²) in [5, 5.41) is 0. The van der Waals surface area contributed by atoms with Crippen LogP contribution in [0.2, 0.25) is 0 Å². The Kier molecular flexibility index (Phi) is 4.32. The summed E-state index contributed by atoms with van der Waals surface area (Å²) in [4.78, 5) is 6.74. The van der Waals surface area contributed by atoms with Crippen LogP contribution < -0.4 is 5.73 Å². The number of rotatable bonds is 4. The highest BCUT2D eigenvalue weighted by atomic mass is 16.5. The second-order valence-corrected chi connectivity index (χ2v) is 5.21. The molecule has 4 nitrogen and oxygen atoms in total. The molecule has 0 aromatic carbocycles. The van der Waals surface area contributed by atoms with E-state index in [9.17, 15) is 0 Å². The van der Waals surface area contributed by atoms with Gasteiger partial charge in [-0.2, -0.15) is 0 Å². The predicted molar refractivity (Wildman–Crippen MR) is 72.1 cm³/mol. The monoisotopic (exact) mass is 249 g/mol. The zero-order chi connectivity index (χ0) is 13.0. The molecule has 1 aliphatic heterocycles. The highest BCUT2D eigenvalue weighted by molar-refractivity contribution is 5.06. The van der Waals surface area contributed by atoms with Gasteiger partial charge < -0.3 is 10.5 Å². The summed E-state index contributed by atoms with van der Waals surface area (Å²) >= 11 is 0. The minimum atomic E-state index is 0.0375. The lowest BCUT2D eigenvalue weighted by Gasteiger charge is -2.48. The minimum Gasteiger partial charge on any atom is -0.381 e. The molecule has 1 saturated heterocycles. The van der Waals surface area contributed by atoms with Crippen molar-refractivity contribution in [2.45, 2.75) is 25.4 Å². The van der Waals surface area contributed by atoms with Crippen LogP contribution in [0, 0.1) is 5.92 Å². The maximum absolute atomic E-state index is 6.07. The van der Waals surface area contributed by atoms with Gasteiger partial charge in [0, 0.05) is 31.4 Å². The van der Waals surface area contributed by atoms with Crippen LogP contribution in [0.4, 0.5) is 0 Å². The molecule has 1 aromatic rings. The van der Waals surface area contributed by atoms with Gasteiger partial charge in [0.15, 0.2) is 0 Å². The molecule has 0 spiro atoms. The minimum absolute atomic E-state index is 0.0375. The number of nitrogens with two attached hydrogens (primary N) is 1. The maximum atomic E-state index is 6.07. The Hall–Kier alpha value is -0.970. The standard InChI is InChI=1S/C14H23N3O/c1-12-10-18-8-6-14(12,11-15)17(2)9-13-5-3-4-7-16-13/h3-5,7,12H,6,8-11,15H2,1-2H3. The van der Waals surface area contributed by atoms with E-state index in [1.807, 2.05) is 18.3 Å². The lowest BCUT2D eigenvalue weighted by Crippen LogP contribution is -2.59. The summed E-state index contributed by atoms with van der Waals surface area (Å²) in [7, 11) is 2.14. The number of pyridine rings is 1. The number of hydrogen-bond donors (Lipinski definition) is 1. The van der Waals surface area contributed by atoms with Crippen molar-refractivity contribution in [2.24, 2.45) is 11.7 Å². The van der Waals surface area contributed by atoms with Crippen molar-refractivity contribution in [1.82, 2.24) is 9.88 Å². The van der Waals surface area contributed by atoms with Gasteiger partial charge in [0.1, 0.15) is 0 Å². The summed E-state index contributed by atoms with van der Waals surface area (Å²) in [5.41, 5.74) is 7.19. The van der Waals surface area contributed by atoms with Gasteiger partial charge in [-0.05, 0) is 31.5 Å². The number of aromatic nitrogens is 1. The zero-order valence-corrected chi connectivity index (χ0v) is 11.3. The molecular weight excluding hydrogens is 226 g/mol. The van der Waals surface area contributed by atoms with Gasteiger partial charge in [0.2, 0.25) is 0 Å². The first-order valence-corrected chi connectivity index (χ1v) is 6.58. The number of hydrogen-bond acceptors (Lipinski definition) is 4. The lowest BCUT2D eigenvalue weighted by atomic mass is 9.79. The van der Waals surface area contributed by atoms with Crippen LogP contribution in [0.1, 0.15) is 19.0 Å². The largest absolute Gasteiger partial charge is 0.381 e. The highest BCUT2D eigenvalue weighted by Gasteiger charge is 2.41. The molecule has 0 bridgehead atoms. The Morgan fingerprint density at radius 1 is 1.56 bits per heavy atom. The van der Waals surface area contributed by atoms with Crippen molar-refractivity contribution >= 4 is 0 Å². The van der Waals surface area contributed by atoms with E-state index < -0.39 is 0 Å². The number of nitrogens with zero attached hydrogens (tertiary/aromatic N) is 2. The molecule has 0 amide bonds. The predicted octanol–water partition coefficient (Wildman–Crippen LogP) is 1.27. The van der Waals surface area contributed by atoms with E-state index in [0.29, 0.717) is 12.5 Å². The smallest absolute Gasteiger partial charge is 0.0544 e. The quantitative estimate of drug-likeness (QED) is 0.873. The maximum Gasteiger partial charge on any atom is 0.0544 e. The topological polar surface area (TPSA) is 51.4 Å². The second kappa shape index (κ2) is 5.78. The molecule has 2 N–H and O–H groups in total. The molecule has 1 aliphatic rings. The molecule has 1 fully saturated rings. The fraction of sp³-hybridized carbons (Fsp3) is 0.643. The van der Waals surface area contributed by atoms with E-state index in [0.717, 1.165) is 31.9 Å². The Bertz CT molecular complexity index is 371. The van der Waals surface area contributed by atoms with Crippen LogP contribution in [0.5, 0.6) is 0 Å². The fourth-order valence-corrected chi connectivity index (χ4v) is 2.83. The third kappa shape index (κ3) is 2.55. The molecule has 18 heavy (non-hydrogen) atoms. The molecule has 100 valence electrons. The van der Waals surface area contributed by atoms with Crippen LogP contribution in [0.15, 0.2) is 24.4 Å². The lowest BCUT2D eigenvalue weighted by molar-refractivity contribution is -0.0597. The molecule has 0 saturated carbocycles. The van der Waals surface area contributed by atoms with Gasteiger partial charge >= 0.3 is 0 Å². The van der Waals surface area contributed by atoms with Gasteiger partial charge in [-0.25, -0.2) is 0 Å². The van der Waals surface area contributed by atoms with Crippen molar-refractivity contribution in [3.63, 3.8) is 0 Å². The van der Waals surface area contributed by atoms with Crippen molar-refractivity contribution in [1.29, 1.82) is 0 Å². The summed E-state index contributed by atoms with van der Waals surface area (Å²) < 4.78 is 5.54. The summed E-state index contributed by atoms with van der Waals surface area (Å²) in [6.45, 7) is 5.32. The Morgan fingerprint density at radius 3 is 3.00 bits per heavy atom. The van der Waals surface area contributed by atoms with E-state index in [1.54, 1.807) is 0 Å². The Morgan fingerprint density at radius 2 is 2.39 bits per heavy atom. The van der Waals surface area contributed by atoms with Gasteiger partial charge in [0.25, 0.3) is 0 Å². The number of ether oxygens (including phenoxy) is 1. The van der Waals surface area contributed by atoms with Crippen molar-refractivity contribution in [3.05, 3.63) is 30.1 Å². The average molecular weight is 249 g/mol. The van der Waals surface area contributed by atoms with Crippen LogP contribution in [-0.4, -0.2) is 42.2 Å². The van der Waals surface area contributed by atoms with E-state index in [1.165, 1.54) is 0 Å². The van der Waals surface area contributed by atoms with E-state index >= 15 is 0 Å². The molecule has 4 heteroatoms. The number of likely N-dealkylation sites (N-methyl/N-ethyl adjacent to an activating group) is 1.